The number of carbonyl (C=O) groups excluding carboxylic acids is 1. The van der Waals surface area contributed by atoms with Crippen LogP contribution in [0.2, 0.25) is 0 Å². The molecule has 1 fully saturated rings. The van der Waals surface area contributed by atoms with Gasteiger partial charge >= 0.3 is 0 Å². The summed E-state index contributed by atoms with van der Waals surface area (Å²) in [5.41, 5.74) is 3.23. The van der Waals surface area contributed by atoms with Crippen molar-refractivity contribution in [1.29, 1.82) is 0 Å². The molecule has 1 amide bonds. The number of carbonyl (C=O) groups is 1. The van der Waals surface area contributed by atoms with E-state index in [9.17, 15) is 9.18 Å². The van der Waals surface area contributed by atoms with Gasteiger partial charge in [0.25, 0.3) is 5.91 Å². The zero-order valence-electron chi connectivity index (χ0n) is 17.4. The third kappa shape index (κ3) is 3.67. The molecule has 0 unspecified atom stereocenters. The molecule has 2 aromatic heterocycles. The summed E-state index contributed by atoms with van der Waals surface area (Å²) in [5, 5.41) is 2.91. The Labute approximate surface area is 188 Å². The lowest BCUT2D eigenvalue weighted by Gasteiger charge is -2.08. The van der Waals surface area contributed by atoms with Crippen molar-refractivity contribution in [3.63, 3.8) is 0 Å². The number of hydrogen-bond donors (Lipinski definition) is 1. The number of nitrogens with one attached hydrogen (secondary N) is 1. The number of amides is 1. The van der Waals surface area contributed by atoms with Crippen molar-refractivity contribution in [2.75, 3.05) is 5.32 Å². The Bertz CT molecular complexity index is 1500. The summed E-state index contributed by atoms with van der Waals surface area (Å²) in [4.78, 5) is 21.9. The summed E-state index contributed by atoms with van der Waals surface area (Å²) in [7, 11) is 0. The number of anilines is 1. The molecule has 33 heavy (non-hydrogen) atoms. The largest absolute Gasteiger partial charge is 0.440 e. The Hall–Kier alpha value is -4.26. The van der Waals surface area contributed by atoms with E-state index in [1.165, 1.54) is 12.3 Å². The minimum Gasteiger partial charge on any atom is -0.440 e. The van der Waals surface area contributed by atoms with E-state index < -0.39 is 5.82 Å². The molecule has 7 heteroatoms. The minimum atomic E-state index is -0.403. The van der Waals surface area contributed by atoms with Crippen molar-refractivity contribution < 1.29 is 18.0 Å². The fraction of sp³-hybridized carbons (Fsp3) is 0.115. The molecular formula is C26H18FN3O3. The molecule has 1 N–H and O–H groups in total. The van der Waals surface area contributed by atoms with Gasteiger partial charge in [-0.1, -0.05) is 24.3 Å². The summed E-state index contributed by atoms with van der Waals surface area (Å²) in [6.45, 7) is 0. The van der Waals surface area contributed by atoms with E-state index in [1.807, 2.05) is 6.07 Å². The zero-order valence-corrected chi connectivity index (χ0v) is 17.4. The Balaban J connectivity index is 1.29. The highest BCUT2D eigenvalue weighted by atomic mass is 19.1. The molecule has 6 nitrogen and oxygen atoms in total. The van der Waals surface area contributed by atoms with E-state index in [0.717, 1.165) is 18.7 Å². The second-order valence-electron chi connectivity index (χ2n) is 8.02. The van der Waals surface area contributed by atoms with Crippen LogP contribution >= 0.6 is 0 Å². The Morgan fingerprint density at radius 3 is 2.58 bits per heavy atom. The van der Waals surface area contributed by atoms with Gasteiger partial charge in [-0.15, -0.1) is 0 Å². The van der Waals surface area contributed by atoms with Gasteiger partial charge in [-0.25, -0.2) is 14.4 Å². The Kier molecular flexibility index (Phi) is 4.54. The lowest BCUT2D eigenvalue weighted by atomic mass is 10.1. The normalized spacial score (nSPS) is 13.4. The first-order valence-electron chi connectivity index (χ1n) is 10.7. The zero-order chi connectivity index (χ0) is 22.4. The third-order valence-corrected chi connectivity index (χ3v) is 5.64. The number of rotatable bonds is 5. The van der Waals surface area contributed by atoms with Crippen LogP contribution in [0.1, 0.15) is 35.0 Å². The lowest BCUT2D eigenvalue weighted by Crippen LogP contribution is -2.13. The van der Waals surface area contributed by atoms with Crippen molar-refractivity contribution in [1.82, 2.24) is 9.97 Å². The number of halogens is 1. The van der Waals surface area contributed by atoms with Crippen LogP contribution in [0, 0.1) is 5.82 Å². The fourth-order valence-corrected chi connectivity index (χ4v) is 3.78. The number of aromatic nitrogens is 2. The van der Waals surface area contributed by atoms with Gasteiger partial charge in [-0.3, -0.25) is 4.79 Å². The van der Waals surface area contributed by atoms with E-state index >= 15 is 0 Å². The van der Waals surface area contributed by atoms with Gasteiger partial charge in [0.1, 0.15) is 11.3 Å². The van der Waals surface area contributed by atoms with E-state index in [1.54, 1.807) is 54.6 Å². The number of nitrogens with zero attached hydrogens (tertiary/aromatic N) is 2. The van der Waals surface area contributed by atoms with Crippen LogP contribution < -0.4 is 5.32 Å². The van der Waals surface area contributed by atoms with E-state index in [0.29, 0.717) is 45.2 Å². The standard InChI is InChI=1S/C26H18FN3O3/c27-20-8-4-3-7-19(20)23-14-28-26(33-23)18-6-2-1-5-17(18)24(31)29-16-11-12-22-21(13-16)30-25(32-22)15-9-10-15/h1-8,11-15H,9-10H2,(H,29,31). The van der Waals surface area contributed by atoms with Gasteiger partial charge in [0.05, 0.1) is 17.3 Å². The van der Waals surface area contributed by atoms with Crippen LogP contribution in [0.15, 0.2) is 81.8 Å². The molecule has 3 aromatic carbocycles. The molecular weight excluding hydrogens is 421 g/mol. The highest BCUT2D eigenvalue weighted by Crippen LogP contribution is 2.40. The van der Waals surface area contributed by atoms with Crippen LogP contribution in [0.3, 0.4) is 0 Å². The summed E-state index contributed by atoms with van der Waals surface area (Å²) >= 11 is 0. The molecule has 0 atom stereocenters. The molecule has 0 spiro atoms. The molecule has 5 aromatic rings. The van der Waals surface area contributed by atoms with Crippen molar-refractivity contribution in [3.8, 4) is 22.8 Å². The first-order chi connectivity index (χ1) is 16.2. The predicted molar refractivity (Wildman–Crippen MR) is 121 cm³/mol. The van der Waals surface area contributed by atoms with Crippen molar-refractivity contribution in [2.24, 2.45) is 0 Å². The van der Waals surface area contributed by atoms with Crippen molar-refractivity contribution in [3.05, 3.63) is 90.2 Å². The molecule has 0 radical (unpaired) electrons. The van der Waals surface area contributed by atoms with Gasteiger partial charge < -0.3 is 14.2 Å². The number of oxazole rings is 2. The molecule has 1 saturated carbocycles. The maximum Gasteiger partial charge on any atom is 0.256 e. The van der Waals surface area contributed by atoms with Gasteiger partial charge in [0, 0.05) is 17.2 Å². The molecule has 6 rings (SSSR count). The lowest BCUT2D eigenvalue weighted by molar-refractivity contribution is 0.102. The number of hydrogen-bond acceptors (Lipinski definition) is 5. The highest BCUT2D eigenvalue weighted by Gasteiger charge is 2.29. The van der Waals surface area contributed by atoms with E-state index in [2.05, 4.69) is 15.3 Å². The smallest absolute Gasteiger partial charge is 0.256 e. The third-order valence-electron chi connectivity index (χ3n) is 5.64. The fourth-order valence-electron chi connectivity index (χ4n) is 3.78. The molecule has 1 aliphatic rings. The summed E-state index contributed by atoms with van der Waals surface area (Å²) < 4.78 is 25.7. The molecule has 0 aliphatic heterocycles. The SMILES string of the molecule is O=C(Nc1ccc2oc(C3CC3)nc2c1)c1ccccc1-c1ncc(-c2ccccc2F)o1. The first kappa shape index (κ1) is 19.4. The van der Waals surface area contributed by atoms with Crippen molar-refractivity contribution in [2.45, 2.75) is 18.8 Å². The summed E-state index contributed by atoms with van der Waals surface area (Å²) in [6, 6.07) is 18.7. The second-order valence-corrected chi connectivity index (χ2v) is 8.02. The van der Waals surface area contributed by atoms with Crippen LogP contribution in [-0.2, 0) is 0 Å². The van der Waals surface area contributed by atoms with Gasteiger partial charge in [-0.05, 0) is 55.3 Å². The summed E-state index contributed by atoms with van der Waals surface area (Å²) in [6.07, 6.45) is 3.66. The molecule has 0 bridgehead atoms. The van der Waals surface area contributed by atoms with Crippen LogP contribution in [0.5, 0.6) is 0 Å². The second kappa shape index (κ2) is 7.70. The van der Waals surface area contributed by atoms with Crippen LogP contribution in [0.25, 0.3) is 33.9 Å². The molecule has 0 saturated heterocycles. The molecule has 1 aliphatic carbocycles. The van der Waals surface area contributed by atoms with Gasteiger partial charge in [-0.2, -0.15) is 0 Å². The average Bonchev–Trinajstić information content (AvgIpc) is 3.41. The first-order valence-corrected chi connectivity index (χ1v) is 10.7. The maximum absolute atomic E-state index is 14.1. The monoisotopic (exact) mass is 439 g/mol. The molecule has 2 heterocycles. The number of fused-ring (bicyclic) bond motifs is 1. The quantitative estimate of drug-likeness (QED) is 0.342. The maximum atomic E-state index is 14.1. The Morgan fingerprint density at radius 2 is 1.76 bits per heavy atom. The van der Waals surface area contributed by atoms with Crippen LogP contribution in [-0.4, -0.2) is 15.9 Å². The predicted octanol–water partition coefficient (Wildman–Crippen LogP) is 6.42. The highest BCUT2D eigenvalue weighted by molar-refractivity contribution is 6.08. The van der Waals surface area contributed by atoms with E-state index in [4.69, 9.17) is 8.83 Å². The van der Waals surface area contributed by atoms with Gasteiger partial charge in [0.2, 0.25) is 5.89 Å². The van der Waals surface area contributed by atoms with Crippen LogP contribution in [0.4, 0.5) is 10.1 Å². The van der Waals surface area contributed by atoms with Gasteiger partial charge in [0.15, 0.2) is 17.2 Å². The van der Waals surface area contributed by atoms with Crippen molar-refractivity contribution >= 4 is 22.7 Å². The average molecular weight is 439 g/mol. The topological polar surface area (TPSA) is 81.2 Å². The summed E-state index contributed by atoms with van der Waals surface area (Å²) in [5.74, 6) is 0.979. The number of benzene rings is 3. The van der Waals surface area contributed by atoms with E-state index in [-0.39, 0.29) is 11.8 Å². The minimum absolute atomic E-state index is 0.236. The Morgan fingerprint density at radius 1 is 0.970 bits per heavy atom. The molecule has 162 valence electrons.